The molecule has 0 saturated heterocycles. The zero-order valence-electron chi connectivity index (χ0n) is 8.19. The molecule has 0 fully saturated rings. The number of H-pyrrole nitrogens is 1. The maximum Gasteiger partial charge on any atom is 0.112 e. The van der Waals surface area contributed by atoms with Gasteiger partial charge in [0.15, 0.2) is 0 Å². The molecular weight excluding hydrogens is 198 g/mol. The molecule has 74 valence electrons. The average molecular weight is 210 g/mol. The Hall–Kier alpha value is -0.990. The van der Waals surface area contributed by atoms with E-state index in [1.165, 1.54) is 5.56 Å². The van der Waals surface area contributed by atoms with Crippen molar-refractivity contribution in [1.29, 1.82) is 0 Å². The van der Waals surface area contributed by atoms with Gasteiger partial charge in [-0.25, -0.2) is 0 Å². The van der Waals surface area contributed by atoms with Crippen molar-refractivity contribution < 1.29 is 5.11 Å². The Labute approximate surface area is 87.5 Å². The standard InChI is InChI=1S/C11H12ClNO/c1-6-3-7(2)10-8(5-14)11(12)13-9(10)4-6/h3-4,13-14H,5H2,1-2H3. The number of aliphatic hydroxyl groups is 1. The highest BCUT2D eigenvalue weighted by Gasteiger charge is 2.11. The number of rotatable bonds is 1. The van der Waals surface area contributed by atoms with Crippen molar-refractivity contribution in [3.63, 3.8) is 0 Å². The van der Waals surface area contributed by atoms with Gasteiger partial charge in [-0.3, -0.25) is 0 Å². The summed E-state index contributed by atoms with van der Waals surface area (Å²) in [5.74, 6) is 0. The molecule has 0 atom stereocenters. The van der Waals surface area contributed by atoms with E-state index >= 15 is 0 Å². The number of aromatic nitrogens is 1. The Bertz CT molecular complexity index is 487. The second-order valence-corrected chi connectivity index (χ2v) is 3.96. The van der Waals surface area contributed by atoms with Gasteiger partial charge in [-0.2, -0.15) is 0 Å². The fourth-order valence-electron chi connectivity index (χ4n) is 1.92. The zero-order chi connectivity index (χ0) is 10.3. The van der Waals surface area contributed by atoms with Crippen LogP contribution in [0.25, 0.3) is 10.9 Å². The van der Waals surface area contributed by atoms with Gasteiger partial charge < -0.3 is 10.1 Å². The second-order valence-electron chi connectivity index (χ2n) is 3.58. The van der Waals surface area contributed by atoms with Crippen molar-refractivity contribution in [2.75, 3.05) is 0 Å². The van der Waals surface area contributed by atoms with Crippen LogP contribution in [-0.4, -0.2) is 10.1 Å². The summed E-state index contributed by atoms with van der Waals surface area (Å²) in [5.41, 5.74) is 4.13. The number of benzene rings is 1. The lowest BCUT2D eigenvalue weighted by Crippen LogP contribution is -1.84. The van der Waals surface area contributed by atoms with Gasteiger partial charge in [0.2, 0.25) is 0 Å². The van der Waals surface area contributed by atoms with Crippen LogP contribution >= 0.6 is 11.6 Å². The van der Waals surface area contributed by atoms with Crippen molar-refractivity contribution >= 4 is 22.5 Å². The molecule has 1 aromatic heterocycles. The minimum absolute atomic E-state index is 0.0251. The summed E-state index contributed by atoms with van der Waals surface area (Å²) in [6.45, 7) is 4.04. The summed E-state index contributed by atoms with van der Waals surface area (Å²) in [6, 6.07) is 4.12. The van der Waals surface area contributed by atoms with Crippen LogP contribution in [0.3, 0.4) is 0 Å². The third-order valence-electron chi connectivity index (χ3n) is 2.45. The summed E-state index contributed by atoms with van der Waals surface area (Å²) < 4.78 is 0. The quantitative estimate of drug-likeness (QED) is 0.745. The van der Waals surface area contributed by atoms with E-state index in [1.807, 2.05) is 19.9 Å². The van der Waals surface area contributed by atoms with Crippen LogP contribution in [0.5, 0.6) is 0 Å². The summed E-state index contributed by atoms with van der Waals surface area (Å²) in [6.07, 6.45) is 0. The molecule has 0 aliphatic heterocycles. The van der Waals surface area contributed by atoms with E-state index in [-0.39, 0.29) is 6.61 Å². The highest BCUT2D eigenvalue weighted by Crippen LogP contribution is 2.29. The number of aryl methyl sites for hydroxylation is 2. The normalized spacial score (nSPS) is 11.1. The lowest BCUT2D eigenvalue weighted by Gasteiger charge is -2.01. The number of hydrogen-bond acceptors (Lipinski definition) is 1. The zero-order valence-corrected chi connectivity index (χ0v) is 8.94. The van der Waals surface area contributed by atoms with Crippen LogP contribution in [0.4, 0.5) is 0 Å². The van der Waals surface area contributed by atoms with E-state index in [4.69, 9.17) is 11.6 Å². The number of aliphatic hydroxyl groups excluding tert-OH is 1. The summed E-state index contributed by atoms with van der Waals surface area (Å²) in [5, 5.41) is 10.8. The van der Waals surface area contributed by atoms with Gasteiger partial charge in [-0.1, -0.05) is 17.7 Å². The Morgan fingerprint density at radius 2 is 2.07 bits per heavy atom. The van der Waals surface area contributed by atoms with E-state index in [9.17, 15) is 5.11 Å². The van der Waals surface area contributed by atoms with Gasteiger partial charge in [-0.05, 0) is 31.0 Å². The first-order chi connectivity index (χ1) is 6.63. The van der Waals surface area contributed by atoms with Crippen molar-refractivity contribution in [2.45, 2.75) is 20.5 Å². The van der Waals surface area contributed by atoms with Crippen LogP contribution < -0.4 is 0 Å². The number of halogens is 1. The molecule has 0 radical (unpaired) electrons. The lowest BCUT2D eigenvalue weighted by atomic mass is 10.1. The van der Waals surface area contributed by atoms with Crippen LogP contribution in [-0.2, 0) is 6.61 Å². The molecule has 0 amide bonds. The Morgan fingerprint density at radius 3 is 2.71 bits per heavy atom. The number of hydrogen-bond donors (Lipinski definition) is 2. The molecular formula is C11H12ClNO. The van der Waals surface area contributed by atoms with Crippen LogP contribution in [0.2, 0.25) is 5.15 Å². The largest absolute Gasteiger partial charge is 0.392 e. The predicted octanol–water partition coefficient (Wildman–Crippen LogP) is 2.93. The van der Waals surface area contributed by atoms with Crippen molar-refractivity contribution in [3.05, 3.63) is 34.0 Å². The van der Waals surface area contributed by atoms with Crippen LogP contribution in [0, 0.1) is 13.8 Å². The fourth-order valence-corrected chi connectivity index (χ4v) is 2.17. The molecule has 0 saturated carbocycles. The number of nitrogens with one attached hydrogen (secondary N) is 1. The Kier molecular flexibility index (Phi) is 2.25. The van der Waals surface area contributed by atoms with E-state index in [0.717, 1.165) is 22.0 Å². The first-order valence-corrected chi connectivity index (χ1v) is 4.89. The molecule has 2 nitrogen and oxygen atoms in total. The number of fused-ring (bicyclic) bond motifs is 1. The van der Waals surface area contributed by atoms with Gasteiger partial charge in [0.25, 0.3) is 0 Å². The van der Waals surface area contributed by atoms with Crippen LogP contribution in [0.1, 0.15) is 16.7 Å². The molecule has 3 heteroatoms. The first kappa shape index (κ1) is 9.56. The summed E-state index contributed by atoms with van der Waals surface area (Å²) >= 11 is 5.98. The minimum Gasteiger partial charge on any atom is -0.392 e. The molecule has 0 aliphatic rings. The summed E-state index contributed by atoms with van der Waals surface area (Å²) in [7, 11) is 0. The number of aromatic amines is 1. The predicted molar refractivity (Wildman–Crippen MR) is 58.7 cm³/mol. The molecule has 2 rings (SSSR count). The molecule has 2 N–H and O–H groups in total. The Balaban J connectivity index is 2.88. The van der Waals surface area contributed by atoms with E-state index in [1.54, 1.807) is 0 Å². The molecule has 0 aliphatic carbocycles. The van der Waals surface area contributed by atoms with Crippen LogP contribution in [0.15, 0.2) is 12.1 Å². The minimum atomic E-state index is -0.0251. The molecule has 1 heterocycles. The van der Waals surface area contributed by atoms with Gasteiger partial charge in [0.05, 0.1) is 6.61 Å². The highest BCUT2D eigenvalue weighted by atomic mass is 35.5. The third kappa shape index (κ3) is 1.31. The topological polar surface area (TPSA) is 36.0 Å². The van der Waals surface area contributed by atoms with Crippen molar-refractivity contribution in [2.24, 2.45) is 0 Å². The maximum absolute atomic E-state index is 9.19. The lowest BCUT2D eigenvalue weighted by molar-refractivity contribution is 0.283. The molecule has 14 heavy (non-hydrogen) atoms. The molecule has 1 aromatic carbocycles. The van der Waals surface area contributed by atoms with E-state index < -0.39 is 0 Å². The van der Waals surface area contributed by atoms with Gasteiger partial charge in [0.1, 0.15) is 5.15 Å². The SMILES string of the molecule is Cc1cc(C)c2c(CO)c(Cl)[nH]c2c1. The molecule has 0 spiro atoms. The first-order valence-electron chi connectivity index (χ1n) is 4.51. The van der Waals surface area contributed by atoms with E-state index in [0.29, 0.717) is 5.15 Å². The fraction of sp³-hybridized carbons (Fsp3) is 0.273. The van der Waals surface area contributed by atoms with Crippen molar-refractivity contribution in [3.8, 4) is 0 Å². The van der Waals surface area contributed by atoms with Gasteiger partial charge in [-0.15, -0.1) is 0 Å². The smallest absolute Gasteiger partial charge is 0.112 e. The van der Waals surface area contributed by atoms with E-state index in [2.05, 4.69) is 11.1 Å². The second kappa shape index (κ2) is 3.30. The van der Waals surface area contributed by atoms with Crippen molar-refractivity contribution in [1.82, 2.24) is 4.98 Å². The van der Waals surface area contributed by atoms with Gasteiger partial charge >= 0.3 is 0 Å². The van der Waals surface area contributed by atoms with Gasteiger partial charge in [0, 0.05) is 16.5 Å². The highest BCUT2D eigenvalue weighted by molar-refractivity contribution is 6.31. The maximum atomic E-state index is 9.19. The Morgan fingerprint density at radius 1 is 1.36 bits per heavy atom. The molecule has 0 unspecified atom stereocenters. The molecule has 0 bridgehead atoms. The third-order valence-corrected chi connectivity index (χ3v) is 2.77. The average Bonchev–Trinajstić information content (AvgIpc) is 2.40. The summed E-state index contributed by atoms with van der Waals surface area (Å²) in [4.78, 5) is 3.07. The monoisotopic (exact) mass is 209 g/mol. The molecule has 2 aromatic rings.